The monoisotopic (exact) mass is 274 g/mol. The third-order valence-corrected chi connectivity index (χ3v) is 2.81. The second-order valence-corrected chi connectivity index (χ2v) is 4.80. The Morgan fingerprint density at radius 2 is 1.38 bits per heavy atom. The average molecular weight is 274 g/mol. The van der Waals surface area contributed by atoms with Gasteiger partial charge in [0, 0.05) is 29.4 Å². The Bertz CT molecular complexity index is 708. The van der Waals surface area contributed by atoms with E-state index in [0.717, 1.165) is 28.2 Å². The van der Waals surface area contributed by atoms with Crippen molar-refractivity contribution in [3.05, 3.63) is 71.3 Å². The molecule has 21 heavy (non-hydrogen) atoms. The fourth-order valence-electron chi connectivity index (χ4n) is 1.82. The fourth-order valence-corrected chi connectivity index (χ4v) is 1.82. The van der Waals surface area contributed by atoms with Crippen molar-refractivity contribution in [2.45, 2.75) is 13.8 Å². The van der Waals surface area contributed by atoms with E-state index in [4.69, 9.17) is 0 Å². The van der Waals surface area contributed by atoms with E-state index in [0.29, 0.717) is 0 Å². The van der Waals surface area contributed by atoms with E-state index in [1.807, 2.05) is 68.4 Å². The van der Waals surface area contributed by atoms with Gasteiger partial charge >= 0.3 is 0 Å². The van der Waals surface area contributed by atoms with Crippen molar-refractivity contribution in [2.75, 3.05) is 7.05 Å². The second-order valence-electron chi connectivity index (χ2n) is 4.80. The first-order valence-electron chi connectivity index (χ1n) is 6.85. The highest BCUT2D eigenvalue weighted by molar-refractivity contribution is 6.05. The summed E-state index contributed by atoms with van der Waals surface area (Å²) in [6, 6.07) is 18.0. The molecule has 2 aromatic rings. The molecule has 0 N–H and O–H groups in total. The lowest BCUT2D eigenvalue weighted by atomic mass is 10.1. The van der Waals surface area contributed by atoms with Gasteiger partial charge in [-0.05, 0) is 50.2 Å². The van der Waals surface area contributed by atoms with Crippen LogP contribution in [0.1, 0.15) is 30.5 Å². The molecule has 0 heterocycles. The van der Waals surface area contributed by atoms with Crippen LogP contribution >= 0.6 is 0 Å². The van der Waals surface area contributed by atoms with E-state index >= 15 is 0 Å². The smallest absolute Gasteiger partial charge is 0.154 e. The van der Waals surface area contributed by atoms with Gasteiger partial charge in [0.2, 0.25) is 0 Å². The van der Waals surface area contributed by atoms with Crippen LogP contribution in [-0.4, -0.2) is 18.6 Å². The summed E-state index contributed by atoms with van der Waals surface area (Å²) in [6.07, 6.45) is 0. The standard InChI is InChI=1S/C19H18N2/c1-15(2)21-19(20-3)18-13-11-17(12-14-18)10-9-16-7-5-4-6-8-16/h4-8,11-14H,1-3H3. The van der Waals surface area contributed by atoms with Crippen molar-refractivity contribution in [1.29, 1.82) is 0 Å². The van der Waals surface area contributed by atoms with Gasteiger partial charge in [-0.1, -0.05) is 30.0 Å². The number of benzene rings is 2. The van der Waals surface area contributed by atoms with Crippen molar-refractivity contribution in [3.8, 4) is 11.8 Å². The molecule has 0 aliphatic heterocycles. The summed E-state index contributed by atoms with van der Waals surface area (Å²) in [6.45, 7) is 3.93. The van der Waals surface area contributed by atoms with E-state index in [-0.39, 0.29) is 0 Å². The summed E-state index contributed by atoms with van der Waals surface area (Å²) in [4.78, 5) is 8.63. The van der Waals surface area contributed by atoms with Crippen LogP contribution in [0.25, 0.3) is 0 Å². The Morgan fingerprint density at radius 1 is 0.810 bits per heavy atom. The number of amidine groups is 1. The van der Waals surface area contributed by atoms with E-state index < -0.39 is 0 Å². The van der Waals surface area contributed by atoms with Gasteiger partial charge in [-0.15, -0.1) is 0 Å². The number of hydrogen-bond acceptors (Lipinski definition) is 1. The van der Waals surface area contributed by atoms with Gasteiger partial charge in [-0.25, -0.2) is 4.99 Å². The zero-order chi connectivity index (χ0) is 15.1. The molecule has 0 fully saturated rings. The number of hydrogen-bond donors (Lipinski definition) is 0. The molecule has 2 rings (SSSR count). The molecule has 0 aromatic heterocycles. The largest absolute Gasteiger partial charge is 0.270 e. The lowest BCUT2D eigenvalue weighted by Crippen LogP contribution is -1.99. The predicted molar refractivity (Wildman–Crippen MR) is 90.1 cm³/mol. The van der Waals surface area contributed by atoms with Crippen molar-refractivity contribution >= 4 is 11.5 Å². The molecule has 0 spiro atoms. The van der Waals surface area contributed by atoms with E-state index in [9.17, 15) is 0 Å². The van der Waals surface area contributed by atoms with Crippen LogP contribution < -0.4 is 0 Å². The molecule has 0 unspecified atom stereocenters. The summed E-state index contributed by atoms with van der Waals surface area (Å²) in [5.41, 5.74) is 3.99. The third-order valence-electron chi connectivity index (χ3n) is 2.81. The summed E-state index contributed by atoms with van der Waals surface area (Å²) in [7, 11) is 1.75. The molecule has 0 aliphatic carbocycles. The molecule has 2 heteroatoms. The molecule has 0 aliphatic rings. The lowest BCUT2D eigenvalue weighted by Gasteiger charge is -2.01. The molecule has 0 bridgehead atoms. The van der Waals surface area contributed by atoms with Crippen LogP contribution in [0.15, 0.2) is 64.6 Å². The maximum atomic E-state index is 4.42. The Hall–Kier alpha value is -2.66. The summed E-state index contributed by atoms with van der Waals surface area (Å²) in [5.74, 6) is 7.06. The van der Waals surface area contributed by atoms with E-state index in [2.05, 4.69) is 21.8 Å². The molecule has 0 atom stereocenters. The molecule has 2 nitrogen and oxygen atoms in total. The van der Waals surface area contributed by atoms with Crippen LogP contribution in [0.3, 0.4) is 0 Å². The van der Waals surface area contributed by atoms with Gasteiger partial charge in [0.25, 0.3) is 0 Å². The minimum Gasteiger partial charge on any atom is -0.270 e. The van der Waals surface area contributed by atoms with Crippen molar-refractivity contribution in [2.24, 2.45) is 9.98 Å². The van der Waals surface area contributed by atoms with Gasteiger partial charge in [0.1, 0.15) is 0 Å². The molecule has 0 amide bonds. The molecule has 0 saturated heterocycles. The Labute approximate surface area is 126 Å². The Balaban J connectivity index is 2.20. The maximum Gasteiger partial charge on any atom is 0.154 e. The predicted octanol–water partition coefficient (Wildman–Crippen LogP) is 3.94. The Kier molecular flexibility index (Phi) is 5.06. The zero-order valence-electron chi connectivity index (χ0n) is 12.6. The highest BCUT2D eigenvalue weighted by atomic mass is 14.9. The van der Waals surface area contributed by atoms with Gasteiger partial charge < -0.3 is 0 Å². The molecular weight excluding hydrogens is 256 g/mol. The van der Waals surface area contributed by atoms with Crippen molar-refractivity contribution in [3.63, 3.8) is 0 Å². The van der Waals surface area contributed by atoms with Crippen molar-refractivity contribution in [1.82, 2.24) is 0 Å². The number of aliphatic imine (C=N–C) groups is 2. The first-order valence-corrected chi connectivity index (χ1v) is 6.85. The van der Waals surface area contributed by atoms with Gasteiger partial charge in [0.15, 0.2) is 5.84 Å². The lowest BCUT2D eigenvalue weighted by molar-refractivity contribution is 1.38. The van der Waals surface area contributed by atoms with Crippen LogP contribution in [0, 0.1) is 11.8 Å². The number of rotatable bonds is 1. The molecular formula is C19H18N2. The van der Waals surface area contributed by atoms with Crippen LogP contribution in [-0.2, 0) is 0 Å². The minimum atomic E-state index is 0.748. The summed E-state index contributed by atoms with van der Waals surface area (Å²) >= 11 is 0. The highest BCUT2D eigenvalue weighted by Gasteiger charge is 2.00. The van der Waals surface area contributed by atoms with Crippen molar-refractivity contribution < 1.29 is 0 Å². The normalized spacial score (nSPS) is 10.5. The van der Waals surface area contributed by atoms with Gasteiger partial charge in [0.05, 0.1) is 0 Å². The van der Waals surface area contributed by atoms with Crippen LogP contribution in [0.5, 0.6) is 0 Å². The number of nitrogens with zero attached hydrogens (tertiary/aromatic N) is 2. The minimum absolute atomic E-state index is 0.748. The first kappa shape index (κ1) is 14.7. The SMILES string of the molecule is CN=C(N=C(C)C)c1ccc(C#Cc2ccccc2)cc1. The third kappa shape index (κ3) is 4.43. The molecule has 0 saturated carbocycles. The van der Waals surface area contributed by atoms with Gasteiger partial charge in [-0.3, -0.25) is 4.99 Å². The highest BCUT2D eigenvalue weighted by Crippen LogP contribution is 2.07. The van der Waals surface area contributed by atoms with Gasteiger partial charge in [-0.2, -0.15) is 0 Å². The Morgan fingerprint density at radius 3 is 1.90 bits per heavy atom. The topological polar surface area (TPSA) is 24.7 Å². The van der Waals surface area contributed by atoms with E-state index in [1.165, 1.54) is 0 Å². The second kappa shape index (κ2) is 7.21. The summed E-state index contributed by atoms with van der Waals surface area (Å²) < 4.78 is 0. The summed E-state index contributed by atoms with van der Waals surface area (Å²) in [5, 5.41) is 0. The van der Waals surface area contributed by atoms with E-state index in [1.54, 1.807) is 7.05 Å². The molecule has 0 radical (unpaired) electrons. The maximum absolute atomic E-state index is 4.42. The quantitative estimate of drug-likeness (QED) is 0.427. The fraction of sp³-hybridized carbons (Fsp3) is 0.158. The average Bonchev–Trinajstić information content (AvgIpc) is 2.52. The zero-order valence-corrected chi connectivity index (χ0v) is 12.6. The molecule has 2 aromatic carbocycles. The first-order chi connectivity index (χ1) is 10.2. The van der Waals surface area contributed by atoms with Crippen LogP contribution in [0.2, 0.25) is 0 Å². The van der Waals surface area contributed by atoms with Crippen LogP contribution in [0.4, 0.5) is 0 Å². The molecule has 104 valence electrons.